The van der Waals surface area contributed by atoms with Crippen LogP contribution in [-0.4, -0.2) is 30.2 Å². The Balaban J connectivity index is 1.46. The van der Waals surface area contributed by atoms with Crippen LogP contribution in [-0.2, 0) is 0 Å². The third-order valence-electron chi connectivity index (χ3n) is 4.36. The molecule has 0 spiro atoms. The van der Waals surface area contributed by atoms with E-state index in [1.807, 2.05) is 6.07 Å². The van der Waals surface area contributed by atoms with Gasteiger partial charge in [-0.25, -0.2) is 4.98 Å². The molecule has 11 heteroatoms. The minimum absolute atomic E-state index is 0.0717. The summed E-state index contributed by atoms with van der Waals surface area (Å²) in [6, 6.07) is 11.8. The molecule has 2 aromatic heterocycles. The highest BCUT2D eigenvalue weighted by atomic mass is 35.5. The van der Waals surface area contributed by atoms with E-state index in [0.29, 0.717) is 43.5 Å². The maximum absolute atomic E-state index is 12.5. The molecule has 4 rings (SSSR count). The number of ether oxygens (including phenoxy) is 2. The van der Waals surface area contributed by atoms with Crippen molar-refractivity contribution in [2.75, 3.05) is 19.5 Å². The fraction of sp³-hybridized carbons (Fsp3) is 0.0952. The van der Waals surface area contributed by atoms with Gasteiger partial charge in [-0.05, 0) is 48.6 Å². The molecule has 0 fully saturated rings. The molecule has 4 aromatic rings. The molecule has 1 amide bonds. The van der Waals surface area contributed by atoms with Gasteiger partial charge in [0.05, 0.1) is 23.9 Å². The lowest BCUT2D eigenvalue weighted by molar-refractivity contribution is 0.0951. The number of furan rings is 1. The van der Waals surface area contributed by atoms with Gasteiger partial charge in [0.2, 0.25) is 0 Å². The van der Waals surface area contributed by atoms with Crippen LogP contribution >= 0.6 is 46.8 Å². The molecule has 2 aromatic carbocycles. The Bertz CT molecular complexity index is 1340. The molecule has 2 N–H and O–H groups in total. The molecule has 0 aliphatic heterocycles. The first kappa shape index (κ1) is 22.3. The Labute approximate surface area is 202 Å². The van der Waals surface area contributed by atoms with E-state index in [0.717, 1.165) is 4.70 Å². The van der Waals surface area contributed by atoms with Crippen LogP contribution in [0.1, 0.15) is 10.6 Å². The van der Waals surface area contributed by atoms with Gasteiger partial charge >= 0.3 is 0 Å². The van der Waals surface area contributed by atoms with Gasteiger partial charge in [0.25, 0.3) is 5.91 Å². The molecule has 0 aliphatic rings. The molecule has 0 bridgehead atoms. The third kappa shape index (κ3) is 4.66. The Hall–Kier alpha value is -2.85. The predicted molar refractivity (Wildman–Crippen MR) is 131 cm³/mol. The standard InChI is InChI=1S/C21H15Cl2N3O4S2/c1-28-11-8-16(29-2)18-17(9-11)32-21(24-18)26-20(31)25-19(27)15-6-5-14(30-15)12-4-3-10(22)7-13(12)23/h3-9H,1-2H3,(H2,24,25,26,27,31). The van der Waals surface area contributed by atoms with E-state index < -0.39 is 5.91 Å². The first-order chi connectivity index (χ1) is 15.4. The highest BCUT2D eigenvalue weighted by Crippen LogP contribution is 2.36. The van der Waals surface area contributed by atoms with Crippen LogP contribution < -0.4 is 20.1 Å². The molecule has 0 saturated heterocycles. The van der Waals surface area contributed by atoms with Gasteiger partial charge in [-0.1, -0.05) is 34.5 Å². The number of rotatable bonds is 5. The first-order valence-electron chi connectivity index (χ1n) is 9.08. The Kier molecular flexibility index (Phi) is 6.52. The number of nitrogens with one attached hydrogen (secondary N) is 2. The SMILES string of the molecule is COc1cc(OC)c2nc(NC(=S)NC(=O)c3ccc(-c4ccc(Cl)cc4Cl)o3)sc2c1. The molecule has 0 unspecified atom stereocenters. The smallest absolute Gasteiger partial charge is 0.293 e. The molecular formula is C21H15Cl2N3O4S2. The van der Waals surface area contributed by atoms with Crippen molar-refractivity contribution in [1.82, 2.24) is 10.3 Å². The van der Waals surface area contributed by atoms with Crippen LogP contribution in [0.5, 0.6) is 11.5 Å². The number of fused-ring (bicyclic) bond motifs is 1. The fourth-order valence-electron chi connectivity index (χ4n) is 2.89. The van der Waals surface area contributed by atoms with Crippen LogP contribution in [0.25, 0.3) is 21.5 Å². The van der Waals surface area contributed by atoms with E-state index in [9.17, 15) is 4.79 Å². The number of carbonyl (C=O) groups is 1. The minimum Gasteiger partial charge on any atom is -0.497 e. The first-order valence-corrected chi connectivity index (χ1v) is 11.1. The Morgan fingerprint density at radius 2 is 1.94 bits per heavy atom. The summed E-state index contributed by atoms with van der Waals surface area (Å²) in [7, 11) is 3.13. The lowest BCUT2D eigenvalue weighted by Crippen LogP contribution is -2.33. The summed E-state index contributed by atoms with van der Waals surface area (Å²) in [6.45, 7) is 0. The van der Waals surface area contributed by atoms with Crippen LogP contribution in [0.15, 0.2) is 46.9 Å². The van der Waals surface area contributed by atoms with Crippen molar-refractivity contribution in [3.05, 3.63) is 58.3 Å². The number of hydrogen-bond acceptors (Lipinski definition) is 7. The van der Waals surface area contributed by atoms with Gasteiger partial charge in [-0.2, -0.15) is 0 Å². The molecule has 32 heavy (non-hydrogen) atoms. The zero-order valence-electron chi connectivity index (χ0n) is 16.7. The van der Waals surface area contributed by atoms with Crippen LogP contribution in [0, 0.1) is 0 Å². The van der Waals surface area contributed by atoms with Crippen LogP contribution in [0.2, 0.25) is 10.0 Å². The number of carbonyl (C=O) groups excluding carboxylic acids is 1. The summed E-state index contributed by atoms with van der Waals surface area (Å²) >= 11 is 18.7. The molecular weight excluding hydrogens is 493 g/mol. The monoisotopic (exact) mass is 507 g/mol. The average Bonchev–Trinajstić information content (AvgIpc) is 3.39. The summed E-state index contributed by atoms with van der Waals surface area (Å²) in [5.41, 5.74) is 1.28. The summed E-state index contributed by atoms with van der Waals surface area (Å²) in [5, 5.41) is 6.96. The number of benzene rings is 2. The van der Waals surface area contributed by atoms with Gasteiger partial charge in [0, 0.05) is 16.7 Å². The lowest BCUT2D eigenvalue weighted by Gasteiger charge is -2.05. The van der Waals surface area contributed by atoms with E-state index in [1.165, 1.54) is 17.4 Å². The lowest BCUT2D eigenvalue weighted by atomic mass is 10.2. The van der Waals surface area contributed by atoms with Crippen molar-refractivity contribution in [1.29, 1.82) is 0 Å². The zero-order chi connectivity index (χ0) is 22.8. The average molecular weight is 508 g/mol. The molecule has 2 heterocycles. The van der Waals surface area contributed by atoms with Gasteiger partial charge < -0.3 is 19.2 Å². The number of methoxy groups -OCH3 is 2. The molecule has 0 radical (unpaired) electrons. The third-order valence-corrected chi connectivity index (χ3v) is 6.03. The highest BCUT2D eigenvalue weighted by Gasteiger charge is 2.17. The van der Waals surface area contributed by atoms with Gasteiger partial charge in [0.1, 0.15) is 22.8 Å². The Morgan fingerprint density at radius 1 is 1.12 bits per heavy atom. The predicted octanol–water partition coefficient (Wildman–Crippen LogP) is 6.01. The topological polar surface area (TPSA) is 85.6 Å². The van der Waals surface area contributed by atoms with E-state index in [4.69, 9.17) is 49.3 Å². The van der Waals surface area contributed by atoms with Crippen molar-refractivity contribution in [3.63, 3.8) is 0 Å². The summed E-state index contributed by atoms with van der Waals surface area (Å²) in [6.07, 6.45) is 0. The maximum Gasteiger partial charge on any atom is 0.293 e. The number of nitrogens with zero attached hydrogens (tertiary/aromatic N) is 1. The van der Waals surface area contributed by atoms with E-state index in [2.05, 4.69) is 15.6 Å². The minimum atomic E-state index is -0.515. The molecule has 164 valence electrons. The molecule has 7 nitrogen and oxygen atoms in total. The van der Waals surface area contributed by atoms with Crippen molar-refractivity contribution >= 4 is 73.1 Å². The van der Waals surface area contributed by atoms with E-state index >= 15 is 0 Å². The summed E-state index contributed by atoms with van der Waals surface area (Å²) in [4.78, 5) is 17.0. The quantitative estimate of drug-likeness (QED) is 0.320. The summed E-state index contributed by atoms with van der Waals surface area (Å²) in [5.74, 6) is 1.21. The van der Waals surface area contributed by atoms with Crippen molar-refractivity contribution < 1.29 is 18.7 Å². The van der Waals surface area contributed by atoms with Crippen molar-refractivity contribution in [2.45, 2.75) is 0 Å². The number of thiocarbonyl (C=S) groups is 1. The number of thiazole rings is 1. The number of halogens is 2. The second-order valence-corrected chi connectivity index (χ2v) is 8.67. The van der Waals surface area contributed by atoms with Crippen molar-refractivity contribution in [3.8, 4) is 22.8 Å². The maximum atomic E-state index is 12.5. The normalized spacial score (nSPS) is 10.8. The summed E-state index contributed by atoms with van der Waals surface area (Å²) < 4.78 is 17.1. The second kappa shape index (κ2) is 9.33. The van der Waals surface area contributed by atoms with Crippen LogP contribution in [0.4, 0.5) is 5.13 Å². The number of anilines is 1. The Morgan fingerprint density at radius 3 is 2.66 bits per heavy atom. The van der Waals surface area contributed by atoms with E-state index in [-0.39, 0.29) is 10.9 Å². The van der Waals surface area contributed by atoms with Gasteiger partial charge in [-0.3, -0.25) is 10.1 Å². The second-order valence-electron chi connectivity index (χ2n) is 6.39. The molecule has 0 saturated carbocycles. The molecule has 0 atom stereocenters. The largest absolute Gasteiger partial charge is 0.497 e. The number of hydrogen-bond donors (Lipinski definition) is 2. The highest BCUT2D eigenvalue weighted by molar-refractivity contribution is 7.80. The van der Waals surface area contributed by atoms with Gasteiger partial charge in [-0.15, -0.1) is 0 Å². The number of aromatic nitrogens is 1. The van der Waals surface area contributed by atoms with E-state index in [1.54, 1.807) is 44.6 Å². The molecule has 0 aliphatic carbocycles. The fourth-order valence-corrected chi connectivity index (χ4v) is 4.56. The van der Waals surface area contributed by atoms with Crippen molar-refractivity contribution in [2.24, 2.45) is 0 Å². The van der Waals surface area contributed by atoms with Crippen LogP contribution in [0.3, 0.4) is 0 Å². The van der Waals surface area contributed by atoms with Gasteiger partial charge in [0.15, 0.2) is 16.0 Å². The zero-order valence-corrected chi connectivity index (χ0v) is 19.8. The number of amides is 1.